The van der Waals surface area contributed by atoms with Crippen LogP contribution in [0, 0.1) is 5.92 Å². The number of ether oxygens (including phenoxy) is 2. The zero-order chi connectivity index (χ0) is 16.5. The van der Waals surface area contributed by atoms with E-state index >= 15 is 0 Å². The van der Waals surface area contributed by atoms with Gasteiger partial charge in [0, 0.05) is 19.6 Å². The molecule has 0 aliphatic heterocycles. The normalized spacial score (nSPS) is 13.9. The summed E-state index contributed by atoms with van der Waals surface area (Å²) in [5, 5.41) is 6.69. The van der Waals surface area contributed by atoms with Crippen molar-refractivity contribution in [3.8, 4) is 11.5 Å². The number of halogens is 1. The van der Waals surface area contributed by atoms with E-state index in [1.807, 2.05) is 12.1 Å². The first-order chi connectivity index (χ1) is 11.3. The Morgan fingerprint density at radius 2 is 1.92 bits per heavy atom. The molecule has 1 aliphatic rings. The smallest absolute Gasteiger partial charge is 0.191 e. The summed E-state index contributed by atoms with van der Waals surface area (Å²) in [6, 6.07) is 6.04. The van der Waals surface area contributed by atoms with Crippen LogP contribution in [0.25, 0.3) is 0 Å². The van der Waals surface area contributed by atoms with Gasteiger partial charge in [-0.3, -0.25) is 4.99 Å². The topological polar surface area (TPSA) is 54.9 Å². The van der Waals surface area contributed by atoms with Crippen LogP contribution in [0.3, 0.4) is 0 Å². The van der Waals surface area contributed by atoms with Crippen molar-refractivity contribution in [2.75, 3.05) is 33.9 Å². The van der Waals surface area contributed by atoms with E-state index in [2.05, 4.69) is 28.6 Å². The molecule has 136 valence electrons. The van der Waals surface area contributed by atoms with E-state index in [1.165, 1.54) is 24.8 Å². The molecule has 2 rings (SSSR count). The Bertz CT molecular complexity index is 519. The summed E-state index contributed by atoms with van der Waals surface area (Å²) >= 11 is 0. The second kappa shape index (κ2) is 11.4. The third-order valence-electron chi connectivity index (χ3n) is 4.00. The first-order valence-electron chi connectivity index (χ1n) is 8.50. The molecule has 5 nitrogen and oxygen atoms in total. The van der Waals surface area contributed by atoms with E-state index in [0.29, 0.717) is 0 Å². The van der Waals surface area contributed by atoms with Crippen LogP contribution in [-0.2, 0) is 6.42 Å². The summed E-state index contributed by atoms with van der Waals surface area (Å²) in [5.41, 5.74) is 1.21. The Kier molecular flexibility index (Phi) is 9.90. The van der Waals surface area contributed by atoms with Crippen LogP contribution >= 0.6 is 24.0 Å². The fraction of sp³-hybridized carbons (Fsp3) is 0.611. The van der Waals surface area contributed by atoms with E-state index in [0.717, 1.165) is 49.4 Å². The maximum Gasteiger partial charge on any atom is 0.191 e. The number of nitrogens with one attached hydrogen (secondary N) is 2. The van der Waals surface area contributed by atoms with Gasteiger partial charge in [0.2, 0.25) is 0 Å². The van der Waals surface area contributed by atoms with Crippen molar-refractivity contribution in [2.24, 2.45) is 10.9 Å². The lowest BCUT2D eigenvalue weighted by Crippen LogP contribution is -2.38. The van der Waals surface area contributed by atoms with Crippen LogP contribution in [-0.4, -0.2) is 39.8 Å². The highest BCUT2D eigenvalue weighted by atomic mass is 127. The van der Waals surface area contributed by atoms with E-state index in [4.69, 9.17) is 9.47 Å². The van der Waals surface area contributed by atoms with Crippen LogP contribution in [0.4, 0.5) is 0 Å². The van der Waals surface area contributed by atoms with Gasteiger partial charge < -0.3 is 20.1 Å². The van der Waals surface area contributed by atoms with E-state index in [1.54, 1.807) is 14.2 Å². The maximum absolute atomic E-state index is 5.34. The summed E-state index contributed by atoms with van der Waals surface area (Å²) in [6.45, 7) is 4.72. The zero-order valence-electron chi connectivity index (χ0n) is 14.9. The first kappa shape index (κ1) is 20.9. The van der Waals surface area contributed by atoms with Crippen molar-refractivity contribution >= 4 is 29.9 Å². The van der Waals surface area contributed by atoms with Gasteiger partial charge in [0.1, 0.15) is 0 Å². The lowest BCUT2D eigenvalue weighted by Gasteiger charge is -2.12. The predicted octanol–water partition coefficient (Wildman–Crippen LogP) is 3.22. The van der Waals surface area contributed by atoms with E-state index < -0.39 is 0 Å². The Morgan fingerprint density at radius 1 is 1.17 bits per heavy atom. The number of benzene rings is 1. The molecule has 0 heterocycles. The summed E-state index contributed by atoms with van der Waals surface area (Å²) in [4.78, 5) is 4.64. The SMILES string of the molecule is CCNC(=NCCC1CC1)NCCc1ccc(OC)c(OC)c1.I. The molecule has 0 saturated heterocycles. The Hall–Kier alpha value is -1.18. The Morgan fingerprint density at radius 3 is 2.54 bits per heavy atom. The minimum atomic E-state index is 0. The summed E-state index contributed by atoms with van der Waals surface area (Å²) in [7, 11) is 3.32. The van der Waals surface area contributed by atoms with Gasteiger partial charge in [-0.1, -0.05) is 18.9 Å². The molecule has 0 atom stereocenters. The van der Waals surface area contributed by atoms with Gasteiger partial charge in [-0.05, 0) is 43.4 Å². The molecule has 24 heavy (non-hydrogen) atoms. The molecule has 0 radical (unpaired) electrons. The number of guanidine groups is 1. The minimum absolute atomic E-state index is 0. The van der Waals surface area contributed by atoms with Gasteiger partial charge in [0.25, 0.3) is 0 Å². The van der Waals surface area contributed by atoms with Crippen LogP contribution in [0.5, 0.6) is 11.5 Å². The fourth-order valence-corrected chi connectivity index (χ4v) is 2.47. The van der Waals surface area contributed by atoms with Crippen molar-refractivity contribution in [3.63, 3.8) is 0 Å². The first-order valence-corrected chi connectivity index (χ1v) is 8.50. The fourth-order valence-electron chi connectivity index (χ4n) is 2.47. The average molecular weight is 447 g/mol. The van der Waals surface area contributed by atoms with Gasteiger partial charge in [0.05, 0.1) is 14.2 Å². The minimum Gasteiger partial charge on any atom is -0.493 e. The molecule has 1 aliphatic carbocycles. The number of methoxy groups -OCH3 is 2. The maximum atomic E-state index is 5.34. The molecule has 0 unspecified atom stereocenters. The summed E-state index contributed by atoms with van der Waals surface area (Å²) in [6.07, 6.45) is 4.90. The average Bonchev–Trinajstić information content (AvgIpc) is 3.39. The lowest BCUT2D eigenvalue weighted by molar-refractivity contribution is 0.354. The lowest BCUT2D eigenvalue weighted by atomic mass is 10.1. The van der Waals surface area contributed by atoms with Crippen molar-refractivity contribution in [1.82, 2.24) is 10.6 Å². The molecule has 0 spiro atoms. The van der Waals surface area contributed by atoms with Crippen LogP contribution < -0.4 is 20.1 Å². The Balaban J connectivity index is 0.00000288. The predicted molar refractivity (Wildman–Crippen MR) is 110 cm³/mol. The van der Waals surface area contributed by atoms with Crippen molar-refractivity contribution in [1.29, 1.82) is 0 Å². The highest BCUT2D eigenvalue weighted by molar-refractivity contribution is 14.0. The van der Waals surface area contributed by atoms with Gasteiger partial charge in [0.15, 0.2) is 17.5 Å². The number of hydrogen-bond donors (Lipinski definition) is 2. The monoisotopic (exact) mass is 447 g/mol. The molecule has 2 N–H and O–H groups in total. The van der Waals surface area contributed by atoms with Gasteiger partial charge in [-0.15, -0.1) is 24.0 Å². The molecule has 0 aromatic heterocycles. The number of rotatable bonds is 9. The van der Waals surface area contributed by atoms with E-state index in [9.17, 15) is 0 Å². The third-order valence-corrected chi connectivity index (χ3v) is 4.00. The second-order valence-electron chi connectivity index (χ2n) is 5.86. The van der Waals surface area contributed by atoms with Crippen LogP contribution in [0.1, 0.15) is 31.7 Å². The second-order valence-corrected chi connectivity index (χ2v) is 5.86. The van der Waals surface area contributed by atoms with Gasteiger partial charge in [-0.2, -0.15) is 0 Å². The van der Waals surface area contributed by atoms with Crippen LogP contribution in [0.2, 0.25) is 0 Å². The highest BCUT2D eigenvalue weighted by Crippen LogP contribution is 2.32. The van der Waals surface area contributed by atoms with Gasteiger partial charge >= 0.3 is 0 Å². The number of nitrogens with zero attached hydrogens (tertiary/aromatic N) is 1. The number of aliphatic imine (C=N–C) groups is 1. The molecule has 1 fully saturated rings. The van der Waals surface area contributed by atoms with Crippen molar-refractivity contribution < 1.29 is 9.47 Å². The molecule has 0 amide bonds. The van der Waals surface area contributed by atoms with Crippen molar-refractivity contribution in [2.45, 2.75) is 32.6 Å². The molecule has 0 bridgehead atoms. The highest BCUT2D eigenvalue weighted by Gasteiger charge is 2.20. The largest absolute Gasteiger partial charge is 0.493 e. The molecular weight excluding hydrogens is 417 g/mol. The summed E-state index contributed by atoms with van der Waals surface area (Å²) in [5.74, 6) is 3.37. The summed E-state index contributed by atoms with van der Waals surface area (Å²) < 4.78 is 10.6. The Labute approximate surface area is 162 Å². The molecule has 6 heteroatoms. The quantitative estimate of drug-likeness (QED) is 0.347. The standard InChI is InChI=1S/C18H29N3O2.HI/c1-4-19-18(20-11-9-14-5-6-14)21-12-10-15-7-8-16(22-2)17(13-15)23-3;/h7-8,13-14H,4-6,9-12H2,1-3H3,(H2,19,20,21);1H. The third kappa shape index (κ3) is 7.15. The molecule has 1 aromatic carbocycles. The molecule has 1 saturated carbocycles. The van der Waals surface area contributed by atoms with Crippen LogP contribution in [0.15, 0.2) is 23.2 Å². The van der Waals surface area contributed by atoms with Crippen molar-refractivity contribution in [3.05, 3.63) is 23.8 Å². The zero-order valence-corrected chi connectivity index (χ0v) is 17.3. The molecule has 1 aromatic rings. The van der Waals surface area contributed by atoms with Gasteiger partial charge in [-0.25, -0.2) is 0 Å². The number of hydrogen-bond acceptors (Lipinski definition) is 3. The van der Waals surface area contributed by atoms with E-state index in [-0.39, 0.29) is 24.0 Å². The molecular formula is C18H30IN3O2.